The summed E-state index contributed by atoms with van der Waals surface area (Å²) in [6.07, 6.45) is 0.929. The minimum atomic E-state index is -0.948. The first-order chi connectivity index (χ1) is 10.9. The zero-order chi connectivity index (χ0) is 16.2. The predicted molar refractivity (Wildman–Crippen MR) is 86.5 cm³/mol. The van der Waals surface area contributed by atoms with Crippen LogP contribution in [0.1, 0.15) is 19.8 Å². The molecule has 2 N–H and O–H groups in total. The Morgan fingerprint density at radius 1 is 1.52 bits per heavy atom. The molecule has 0 bridgehead atoms. The smallest absolute Gasteiger partial charge is 0.298 e. The van der Waals surface area contributed by atoms with Gasteiger partial charge in [0.25, 0.3) is 6.01 Å². The second kappa shape index (κ2) is 5.11. The molecule has 1 aliphatic heterocycles. The van der Waals surface area contributed by atoms with Crippen molar-refractivity contribution in [2.45, 2.75) is 31.9 Å². The van der Waals surface area contributed by atoms with Crippen molar-refractivity contribution >= 4 is 34.6 Å². The molecule has 6 nitrogen and oxygen atoms in total. The highest BCUT2D eigenvalue weighted by Gasteiger charge is 2.53. The number of benzene rings is 1. The van der Waals surface area contributed by atoms with E-state index >= 15 is 0 Å². The van der Waals surface area contributed by atoms with E-state index < -0.39 is 6.10 Å². The quantitative estimate of drug-likeness (QED) is 0.896. The molecule has 1 saturated heterocycles. The van der Waals surface area contributed by atoms with Crippen LogP contribution in [0.25, 0.3) is 11.1 Å². The summed E-state index contributed by atoms with van der Waals surface area (Å²) in [5, 5.41) is 12.7. The van der Waals surface area contributed by atoms with Crippen molar-refractivity contribution in [1.29, 1.82) is 0 Å². The fourth-order valence-electron chi connectivity index (χ4n) is 3.59. The van der Waals surface area contributed by atoms with Crippen LogP contribution < -0.4 is 10.2 Å². The number of oxazole rings is 1. The third kappa shape index (κ3) is 2.56. The number of carbonyl (C=O) groups is 1. The molecule has 0 radical (unpaired) electrons. The van der Waals surface area contributed by atoms with Crippen LogP contribution >= 0.6 is 11.6 Å². The van der Waals surface area contributed by atoms with Crippen molar-refractivity contribution in [2.75, 3.05) is 18.0 Å². The lowest BCUT2D eigenvalue weighted by molar-refractivity contribution is -0.131. The third-order valence-corrected chi connectivity index (χ3v) is 4.98. The van der Waals surface area contributed by atoms with Crippen molar-refractivity contribution in [2.24, 2.45) is 5.41 Å². The molecule has 1 aliphatic carbocycles. The molecule has 1 aromatic carbocycles. The molecule has 1 unspecified atom stereocenters. The number of aliphatic hydroxyl groups excluding tert-OH is 1. The largest absolute Gasteiger partial charge is 0.423 e. The number of amides is 1. The minimum absolute atomic E-state index is 0.168. The summed E-state index contributed by atoms with van der Waals surface area (Å²) in [6, 6.07) is 6.21. The van der Waals surface area contributed by atoms with Gasteiger partial charge in [0.2, 0.25) is 5.91 Å². The Balaban J connectivity index is 1.36. The highest BCUT2D eigenvalue weighted by atomic mass is 35.5. The Hall–Kier alpha value is -1.79. The van der Waals surface area contributed by atoms with Gasteiger partial charge in [0.1, 0.15) is 11.6 Å². The van der Waals surface area contributed by atoms with Crippen LogP contribution in [0, 0.1) is 5.41 Å². The van der Waals surface area contributed by atoms with Gasteiger partial charge in [-0.2, -0.15) is 4.98 Å². The Morgan fingerprint density at radius 3 is 2.96 bits per heavy atom. The van der Waals surface area contributed by atoms with Crippen LogP contribution in [-0.2, 0) is 4.79 Å². The van der Waals surface area contributed by atoms with Gasteiger partial charge in [-0.1, -0.05) is 11.6 Å². The van der Waals surface area contributed by atoms with Gasteiger partial charge in [0.05, 0.1) is 0 Å². The Morgan fingerprint density at radius 2 is 2.26 bits per heavy atom. The number of fused-ring (bicyclic) bond motifs is 1. The number of nitrogens with one attached hydrogen (secondary N) is 1. The highest BCUT2D eigenvalue weighted by Crippen LogP contribution is 2.49. The van der Waals surface area contributed by atoms with Crippen molar-refractivity contribution in [1.82, 2.24) is 10.3 Å². The molecule has 2 aliphatic rings. The van der Waals surface area contributed by atoms with Crippen LogP contribution in [0.4, 0.5) is 6.01 Å². The summed E-state index contributed by atoms with van der Waals surface area (Å²) in [5.41, 5.74) is 1.75. The average molecular weight is 336 g/mol. The van der Waals surface area contributed by atoms with Crippen LogP contribution in [0.3, 0.4) is 0 Å². The van der Waals surface area contributed by atoms with E-state index in [9.17, 15) is 9.90 Å². The van der Waals surface area contributed by atoms with Gasteiger partial charge in [0.15, 0.2) is 5.58 Å². The number of hydrogen-bond acceptors (Lipinski definition) is 5. The Kier molecular flexibility index (Phi) is 3.28. The number of carbonyl (C=O) groups excluding carboxylic acids is 1. The van der Waals surface area contributed by atoms with Crippen LogP contribution in [0.15, 0.2) is 22.6 Å². The standard InChI is InChI=1S/C16H18ClN3O3/c1-9(21)14(22)18-11-5-16(6-11)7-20(8-16)15-19-12-4-10(17)2-3-13(12)23-15/h2-4,9,11,21H,5-8H2,1H3,(H,18,22). The molecule has 1 amide bonds. The molecule has 23 heavy (non-hydrogen) atoms. The first-order valence-electron chi connectivity index (χ1n) is 7.74. The van der Waals surface area contributed by atoms with Crippen LogP contribution in [0.2, 0.25) is 5.02 Å². The number of rotatable bonds is 3. The minimum Gasteiger partial charge on any atom is -0.423 e. The van der Waals surface area contributed by atoms with Gasteiger partial charge in [-0.15, -0.1) is 0 Å². The summed E-state index contributed by atoms with van der Waals surface area (Å²) in [4.78, 5) is 18.1. The Labute approximate surface area is 138 Å². The maximum atomic E-state index is 11.5. The number of aromatic nitrogens is 1. The van der Waals surface area contributed by atoms with Gasteiger partial charge in [-0.3, -0.25) is 4.79 Å². The van der Waals surface area contributed by atoms with Crippen molar-refractivity contribution < 1.29 is 14.3 Å². The lowest BCUT2D eigenvalue weighted by atomic mass is 9.61. The fraction of sp³-hybridized carbons (Fsp3) is 0.500. The highest BCUT2D eigenvalue weighted by molar-refractivity contribution is 6.31. The van der Waals surface area contributed by atoms with Gasteiger partial charge in [-0.05, 0) is 38.0 Å². The molecule has 7 heteroatoms. The number of aliphatic hydroxyl groups is 1. The van der Waals surface area contributed by atoms with E-state index in [1.165, 1.54) is 6.92 Å². The summed E-state index contributed by atoms with van der Waals surface area (Å²) >= 11 is 5.96. The monoisotopic (exact) mass is 335 g/mol. The lowest BCUT2D eigenvalue weighted by Crippen LogP contribution is -2.67. The summed E-state index contributed by atoms with van der Waals surface area (Å²) in [5.74, 6) is -0.295. The first kappa shape index (κ1) is 14.8. The summed E-state index contributed by atoms with van der Waals surface area (Å²) < 4.78 is 5.77. The first-order valence-corrected chi connectivity index (χ1v) is 8.11. The van der Waals surface area contributed by atoms with E-state index in [2.05, 4.69) is 15.2 Å². The van der Waals surface area contributed by atoms with Gasteiger partial charge < -0.3 is 19.7 Å². The summed E-state index contributed by atoms with van der Waals surface area (Å²) in [7, 11) is 0. The molecular weight excluding hydrogens is 318 g/mol. The van der Waals surface area contributed by atoms with Gasteiger partial charge in [-0.25, -0.2) is 0 Å². The van der Waals surface area contributed by atoms with Crippen molar-refractivity contribution in [3.05, 3.63) is 23.2 Å². The molecule has 1 atom stereocenters. The molecule has 4 rings (SSSR count). The lowest BCUT2D eigenvalue weighted by Gasteiger charge is -2.58. The van der Waals surface area contributed by atoms with E-state index in [1.807, 2.05) is 6.07 Å². The topological polar surface area (TPSA) is 78.6 Å². The zero-order valence-electron chi connectivity index (χ0n) is 12.8. The molecular formula is C16H18ClN3O3. The normalized spacial score (nSPS) is 21.1. The van der Waals surface area contributed by atoms with E-state index in [4.69, 9.17) is 16.0 Å². The summed E-state index contributed by atoms with van der Waals surface area (Å²) in [6.45, 7) is 3.25. The molecule has 2 heterocycles. The number of anilines is 1. The average Bonchev–Trinajstić information content (AvgIpc) is 2.81. The number of nitrogens with zero attached hydrogens (tertiary/aromatic N) is 2. The van der Waals surface area contributed by atoms with Crippen molar-refractivity contribution in [3.8, 4) is 0 Å². The second-order valence-electron chi connectivity index (χ2n) is 6.75. The number of hydrogen-bond donors (Lipinski definition) is 2. The predicted octanol–water partition coefficient (Wildman–Crippen LogP) is 1.95. The second-order valence-corrected chi connectivity index (χ2v) is 7.19. The molecule has 2 fully saturated rings. The zero-order valence-corrected chi connectivity index (χ0v) is 13.5. The molecule has 1 aromatic heterocycles. The van der Waals surface area contributed by atoms with Crippen LogP contribution in [0.5, 0.6) is 0 Å². The maximum Gasteiger partial charge on any atom is 0.298 e. The van der Waals surface area contributed by atoms with Gasteiger partial charge >= 0.3 is 0 Å². The maximum absolute atomic E-state index is 11.5. The molecule has 1 spiro atoms. The van der Waals surface area contributed by atoms with E-state index in [-0.39, 0.29) is 17.4 Å². The molecule has 1 saturated carbocycles. The van der Waals surface area contributed by atoms with E-state index in [1.54, 1.807) is 12.1 Å². The fourth-order valence-corrected chi connectivity index (χ4v) is 3.76. The van der Waals surface area contributed by atoms with E-state index in [0.717, 1.165) is 37.0 Å². The number of halogens is 1. The Bertz CT molecular complexity index is 759. The SMILES string of the molecule is CC(O)C(=O)NC1CC2(C1)CN(c1nc3cc(Cl)ccc3o1)C2. The van der Waals surface area contributed by atoms with E-state index in [0.29, 0.717) is 11.0 Å². The van der Waals surface area contributed by atoms with Gasteiger partial charge in [0, 0.05) is 29.6 Å². The molecule has 122 valence electrons. The molecule has 2 aromatic rings. The van der Waals surface area contributed by atoms with Crippen molar-refractivity contribution in [3.63, 3.8) is 0 Å². The van der Waals surface area contributed by atoms with Crippen LogP contribution in [-0.4, -0.2) is 41.2 Å². The third-order valence-electron chi connectivity index (χ3n) is 4.75.